The number of aryl methyl sites for hydroxylation is 1. The van der Waals surface area contributed by atoms with Crippen molar-refractivity contribution in [3.8, 4) is 0 Å². The third kappa shape index (κ3) is 4.40. The summed E-state index contributed by atoms with van der Waals surface area (Å²) in [5.74, 6) is 0. The van der Waals surface area contributed by atoms with Gasteiger partial charge in [-0.15, -0.1) is 0 Å². The van der Waals surface area contributed by atoms with Crippen molar-refractivity contribution in [3.63, 3.8) is 0 Å². The van der Waals surface area contributed by atoms with Crippen molar-refractivity contribution >= 4 is 6.03 Å². The third-order valence-corrected chi connectivity index (χ3v) is 4.48. The van der Waals surface area contributed by atoms with Crippen LogP contribution in [0.3, 0.4) is 0 Å². The van der Waals surface area contributed by atoms with Crippen molar-refractivity contribution in [1.29, 1.82) is 0 Å². The SMILES string of the molecule is CO[C@]1(C)CCCN(C(=O)N[C@@H](c2cnn(C)c2)C(F)(F)F)CC1. The molecule has 9 heteroatoms. The predicted molar refractivity (Wildman–Crippen MR) is 81.4 cm³/mol. The quantitative estimate of drug-likeness (QED) is 0.913. The number of methoxy groups -OCH3 is 1. The van der Waals surface area contributed by atoms with Gasteiger partial charge in [-0.2, -0.15) is 18.3 Å². The van der Waals surface area contributed by atoms with Gasteiger partial charge in [0, 0.05) is 39.0 Å². The molecule has 1 aromatic heterocycles. The lowest BCUT2D eigenvalue weighted by molar-refractivity contribution is -0.155. The van der Waals surface area contributed by atoms with E-state index in [0.29, 0.717) is 25.9 Å². The predicted octanol–water partition coefficient (Wildman–Crippen LogP) is 2.62. The molecule has 0 bridgehead atoms. The Labute approximate surface area is 138 Å². The first-order chi connectivity index (χ1) is 11.1. The molecule has 1 aliphatic rings. The monoisotopic (exact) mass is 348 g/mol. The Kier molecular flexibility index (Phi) is 5.42. The van der Waals surface area contributed by atoms with E-state index < -0.39 is 18.2 Å². The molecule has 0 spiro atoms. The number of nitrogens with zero attached hydrogens (tertiary/aromatic N) is 3. The highest BCUT2D eigenvalue weighted by Crippen LogP contribution is 2.33. The first kappa shape index (κ1) is 18.6. The molecule has 1 aliphatic heterocycles. The molecule has 2 amide bonds. The van der Waals surface area contributed by atoms with Crippen molar-refractivity contribution in [2.75, 3.05) is 20.2 Å². The normalized spacial score (nSPS) is 23.7. The molecule has 1 saturated heterocycles. The molecule has 0 unspecified atom stereocenters. The second-order valence-corrected chi connectivity index (χ2v) is 6.37. The highest BCUT2D eigenvalue weighted by Gasteiger charge is 2.43. The van der Waals surface area contributed by atoms with Gasteiger partial charge < -0.3 is 15.0 Å². The Morgan fingerprint density at radius 3 is 2.67 bits per heavy atom. The Hall–Kier alpha value is -1.77. The number of hydrogen-bond donors (Lipinski definition) is 1. The molecule has 0 aromatic carbocycles. The maximum atomic E-state index is 13.3. The number of hydrogen-bond acceptors (Lipinski definition) is 3. The zero-order valence-electron chi connectivity index (χ0n) is 14.1. The van der Waals surface area contributed by atoms with Crippen LogP contribution in [0.4, 0.5) is 18.0 Å². The summed E-state index contributed by atoms with van der Waals surface area (Å²) in [5, 5.41) is 5.85. The number of halogens is 3. The summed E-state index contributed by atoms with van der Waals surface area (Å²) in [6.45, 7) is 2.71. The van der Waals surface area contributed by atoms with E-state index in [1.807, 2.05) is 6.92 Å². The van der Waals surface area contributed by atoms with Gasteiger partial charge in [-0.05, 0) is 26.2 Å². The van der Waals surface area contributed by atoms with E-state index in [0.717, 1.165) is 12.6 Å². The Morgan fingerprint density at radius 1 is 1.42 bits per heavy atom. The largest absolute Gasteiger partial charge is 0.413 e. The molecule has 2 rings (SSSR count). The van der Waals surface area contributed by atoms with Crippen LogP contribution in [0.1, 0.15) is 37.8 Å². The fraction of sp³-hybridized carbons (Fsp3) is 0.733. The number of amides is 2. The molecule has 0 aliphatic carbocycles. The van der Waals surface area contributed by atoms with Crippen LogP contribution >= 0.6 is 0 Å². The number of urea groups is 1. The summed E-state index contributed by atoms with van der Waals surface area (Å²) < 4.78 is 46.6. The molecular weight excluding hydrogens is 325 g/mol. The number of alkyl halides is 3. The first-order valence-electron chi connectivity index (χ1n) is 7.80. The number of ether oxygens (including phenoxy) is 1. The van der Waals surface area contributed by atoms with E-state index in [-0.39, 0.29) is 11.2 Å². The smallest absolute Gasteiger partial charge is 0.378 e. The summed E-state index contributed by atoms with van der Waals surface area (Å²) in [5.41, 5.74) is -0.433. The van der Waals surface area contributed by atoms with Gasteiger partial charge in [-0.25, -0.2) is 4.79 Å². The second kappa shape index (κ2) is 7.00. The molecule has 2 heterocycles. The van der Waals surface area contributed by atoms with Crippen LogP contribution in [0.15, 0.2) is 12.4 Å². The summed E-state index contributed by atoms with van der Waals surface area (Å²) in [6.07, 6.45) is -0.197. The van der Waals surface area contributed by atoms with E-state index in [9.17, 15) is 18.0 Å². The topological polar surface area (TPSA) is 59.4 Å². The Balaban J connectivity index is 2.08. The fourth-order valence-electron chi connectivity index (χ4n) is 2.82. The van der Waals surface area contributed by atoms with Crippen LogP contribution in [-0.2, 0) is 11.8 Å². The Morgan fingerprint density at radius 2 is 2.12 bits per heavy atom. The highest BCUT2D eigenvalue weighted by molar-refractivity contribution is 5.74. The average Bonchev–Trinajstić information content (AvgIpc) is 2.82. The second-order valence-electron chi connectivity index (χ2n) is 6.37. The summed E-state index contributed by atoms with van der Waals surface area (Å²) >= 11 is 0. The van der Waals surface area contributed by atoms with Crippen LogP contribution in [0.5, 0.6) is 0 Å². The standard InChI is InChI=1S/C15H23F3N4O2/c1-14(24-3)5-4-7-22(8-6-14)13(23)20-12(15(16,17)18)11-9-19-21(2)10-11/h9-10,12H,4-8H2,1-3H3,(H,20,23)/t12-,14+/m0/s1. The van der Waals surface area contributed by atoms with Gasteiger partial charge in [0.25, 0.3) is 0 Å². The summed E-state index contributed by atoms with van der Waals surface area (Å²) in [6, 6.07) is -2.79. The van der Waals surface area contributed by atoms with Crippen molar-refractivity contribution in [3.05, 3.63) is 18.0 Å². The van der Waals surface area contributed by atoms with Gasteiger partial charge in [0.1, 0.15) is 0 Å². The Bertz CT molecular complexity index is 575. The van der Waals surface area contributed by atoms with Gasteiger partial charge in [-0.3, -0.25) is 4.68 Å². The minimum absolute atomic E-state index is 0.0881. The van der Waals surface area contributed by atoms with Crippen molar-refractivity contribution in [2.24, 2.45) is 7.05 Å². The van der Waals surface area contributed by atoms with E-state index in [1.54, 1.807) is 7.11 Å². The average molecular weight is 348 g/mol. The molecule has 1 aromatic rings. The maximum absolute atomic E-state index is 13.3. The summed E-state index contributed by atoms with van der Waals surface area (Å²) in [4.78, 5) is 13.8. The van der Waals surface area contributed by atoms with Crippen LogP contribution in [0.2, 0.25) is 0 Å². The lowest BCUT2D eigenvalue weighted by atomic mass is 9.97. The molecule has 24 heavy (non-hydrogen) atoms. The molecule has 6 nitrogen and oxygen atoms in total. The van der Waals surface area contributed by atoms with Gasteiger partial charge in [0.05, 0.1) is 11.8 Å². The number of carbonyl (C=O) groups excluding carboxylic acids is 1. The van der Waals surface area contributed by atoms with E-state index in [2.05, 4.69) is 10.4 Å². The molecule has 2 atom stereocenters. The third-order valence-electron chi connectivity index (χ3n) is 4.48. The fourth-order valence-corrected chi connectivity index (χ4v) is 2.82. The van der Waals surface area contributed by atoms with Gasteiger partial charge in [0.15, 0.2) is 6.04 Å². The van der Waals surface area contributed by atoms with E-state index >= 15 is 0 Å². The van der Waals surface area contributed by atoms with E-state index in [4.69, 9.17) is 4.74 Å². The van der Waals surface area contributed by atoms with Gasteiger partial charge in [-0.1, -0.05) is 0 Å². The molecular formula is C15H23F3N4O2. The van der Waals surface area contributed by atoms with Crippen molar-refractivity contribution < 1.29 is 22.7 Å². The molecule has 1 N–H and O–H groups in total. The lowest BCUT2D eigenvalue weighted by Crippen LogP contribution is -2.46. The molecule has 0 radical (unpaired) electrons. The van der Waals surface area contributed by atoms with Crippen molar-refractivity contribution in [1.82, 2.24) is 20.0 Å². The zero-order valence-corrected chi connectivity index (χ0v) is 14.1. The first-order valence-corrected chi connectivity index (χ1v) is 7.80. The number of rotatable bonds is 3. The molecule has 0 saturated carbocycles. The maximum Gasteiger partial charge on any atom is 0.413 e. The number of carbonyl (C=O) groups is 1. The number of aromatic nitrogens is 2. The molecule has 136 valence electrons. The van der Waals surface area contributed by atoms with Crippen LogP contribution < -0.4 is 5.32 Å². The zero-order chi connectivity index (χ0) is 18.0. The van der Waals surface area contributed by atoms with Crippen LogP contribution in [0.25, 0.3) is 0 Å². The van der Waals surface area contributed by atoms with Gasteiger partial charge >= 0.3 is 12.2 Å². The number of nitrogens with one attached hydrogen (secondary N) is 1. The lowest BCUT2D eigenvalue weighted by Gasteiger charge is -2.28. The van der Waals surface area contributed by atoms with Gasteiger partial charge in [0.2, 0.25) is 0 Å². The van der Waals surface area contributed by atoms with E-state index in [1.165, 1.54) is 22.8 Å². The minimum Gasteiger partial charge on any atom is -0.378 e. The minimum atomic E-state index is -4.59. The molecule has 1 fully saturated rings. The van der Waals surface area contributed by atoms with Crippen LogP contribution in [-0.4, -0.2) is 52.7 Å². The summed E-state index contributed by atoms with van der Waals surface area (Å²) in [7, 11) is 3.14. The highest BCUT2D eigenvalue weighted by atomic mass is 19.4. The van der Waals surface area contributed by atoms with Crippen molar-refractivity contribution in [2.45, 2.75) is 44.0 Å². The van der Waals surface area contributed by atoms with Crippen LogP contribution in [0, 0.1) is 0 Å². The number of likely N-dealkylation sites (tertiary alicyclic amines) is 1.